The van der Waals surface area contributed by atoms with E-state index in [9.17, 15) is 24.1 Å². The molecule has 0 radical (unpaired) electrons. The Balaban J connectivity index is 1.79. The Kier molecular flexibility index (Phi) is 6.23. The highest BCUT2D eigenvalue weighted by molar-refractivity contribution is 7.99. The molecule has 10 heteroatoms. The van der Waals surface area contributed by atoms with E-state index in [1.165, 1.54) is 10.6 Å². The van der Waals surface area contributed by atoms with Crippen LogP contribution in [0.15, 0.2) is 52.4 Å². The minimum Gasteiger partial charge on any atom is -0.325 e. The third-order valence-corrected chi connectivity index (χ3v) is 5.01. The molecular weight excluding hydrogens is 399 g/mol. The molecular formula is C19H17FN4O4S. The number of fused-ring (bicyclic) bond motifs is 1. The first-order valence-corrected chi connectivity index (χ1v) is 9.75. The summed E-state index contributed by atoms with van der Waals surface area (Å²) in [7, 11) is 0. The lowest BCUT2D eigenvalue weighted by Crippen LogP contribution is -2.24. The second kappa shape index (κ2) is 8.82. The predicted octanol–water partition coefficient (Wildman–Crippen LogP) is 3.58. The number of para-hydroxylation sites is 1. The van der Waals surface area contributed by atoms with Gasteiger partial charge in [-0.2, -0.15) is 4.39 Å². The van der Waals surface area contributed by atoms with Crippen LogP contribution in [0.5, 0.6) is 0 Å². The smallest absolute Gasteiger partial charge is 0.306 e. The van der Waals surface area contributed by atoms with Crippen molar-refractivity contribution in [3.05, 3.63) is 68.7 Å². The molecule has 29 heavy (non-hydrogen) atoms. The van der Waals surface area contributed by atoms with E-state index in [0.29, 0.717) is 22.6 Å². The molecule has 0 bridgehead atoms. The summed E-state index contributed by atoms with van der Waals surface area (Å²) < 4.78 is 14.9. The van der Waals surface area contributed by atoms with E-state index in [1.807, 2.05) is 6.92 Å². The zero-order chi connectivity index (χ0) is 21.0. The summed E-state index contributed by atoms with van der Waals surface area (Å²) in [5.41, 5.74) is -0.235. The Morgan fingerprint density at radius 2 is 2.07 bits per heavy atom. The van der Waals surface area contributed by atoms with E-state index in [-0.39, 0.29) is 17.0 Å². The van der Waals surface area contributed by atoms with Crippen molar-refractivity contribution in [3.8, 4) is 0 Å². The number of rotatable bonds is 7. The van der Waals surface area contributed by atoms with Crippen LogP contribution >= 0.6 is 11.8 Å². The van der Waals surface area contributed by atoms with Gasteiger partial charge in [-0.25, -0.2) is 4.98 Å². The van der Waals surface area contributed by atoms with E-state index in [2.05, 4.69) is 10.3 Å². The van der Waals surface area contributed by atoms with Crippen LogP contribution in [-0.2, 0) is 11.3 Å². The number of thioether (sulfide) groups is 1. The van der Waals surface area contributed by atoms with Crippen molar-refractivity contribution >= 4 is 39.9 Å². The summed E-state index contributed by atoms with van der Waals surface area (Å²) in [5, 5.41) is 14.2. The monoisotopic (exact) mass is 416 g/mol. The first-order valence-electron chi connectivity index (χ1n) is 8.77. The fourth-order valence-electron chi connectivity index (χ4n) is 2.74. The average molecular weight is 416 g/mol. The van der Waals surface area contributed by atoms with E-state index in [4.69, 9.17) is 0 Å². The number of nitrogens with zero attached hydrogens (tertiary/aromatic N) is 3. The van der Waals surface area contributed by atoms with E-state index in [0.717, 1.165) is 30.3 Å². The van der Waals surface area contributed by atoms with Gasteiger partial charge in [0, 0.05) is 18.3 Å². The van der Waals surface area contributed by atoms with Gasteiger partial charge >= 0.3 is 5.69 Å². The van der Waals surface area contributed by atoms with Crippen molar-refractivity contribution in [1.29, 1.82) is 0 Å². The Bertz CT molecular complexity index is 1150. The number of hydrogen-bond donors (Lipinski definition) is 1. The molecule has 0 unspecified atom stereocenters. The van der Waals surface area contributed by atoms with E-state index < -0.39 is 22.3 Å². The molecule has 0 spiro atoms. The highest BCUT2D eigenvalue weighted by atomic mass is 32.2. The van der Waals surface area contributed by atoms with Gasteiger partial charge in [-0.15, -0.1) is 0 Å². The van der Waals surface area contributed by atoms with Gasteiger partial charge in [-0.1, -0.05) is 30.8 Å². The highest BCUT2D eigenvalue weighted by Gasteiger charge is 2.16. The third-order valence-electron chi connectivity index (χ3n) is 4.03. The first kappa shape index (κ1) is 20.5. The number of carbonyl (C=O) groups excluding carboxylic acids is 1. The fourth-order valence-corrected chi connectivity index (χ4v) is 3.56. The minimum absolute atomic E-state index is 0.0698. The number of carbonyl (C=O) groups is 1. The molecule has 2 aromatic carbocycles. The molecule has 1 N–H and O–H groups in total. The van der Waals surface area contributed by atoms with Crippen LogP contribution in [0.4, 0.5) is 15.8 Å². The van der Waals surface area contributed by atoms with Gasteiger partial charge in [0.25, 0.3) is 5.56 Å². The standard InChI is InChI=1S/C19H17FN4O4S/c1-2-9-23-18(26)13-5-3-4-6-15(13)22-19(23)29-11-17(25)21-12-7-8-14(20)16(10-12)24(27)28/h3-8,10H,2,9,11H2,1H3,(H,21,25). The molecule has 0 aliphatic carbocycles. The molecule has 1 amide bonds. The SMILES string of the molecule is CCCn1c(SCC(=O)Nc2ccc(F)c([N+](=O)[O-])c2)nc2ccccc2c1=O. The Labute approximate surface area is 168 Å². The molecule has 0 aliphatic heterocycles. The number of nitrogens with one attached hydrogen (secondary N) is 1. The largest absolute Gasteiger partial charge is 0.325 e. The Morgan fingerprint density at radius 1 is 1.31 bits per heavy atom. The maximum atomic E-state index is 13.4. The zero-order valence-electron chi connectivity index (χ0n) is 15.4. The summed E-state index contributed by atoms with van der Waals surface area (Å²) in [4.78, 5) is 39.4. The topological polar surface area (TPSA) is 107 Å². The van der Waals surface area contributed by atoms with Gasteiger partial charge in [0.15, 0.2) is 5.16 Å². The van der Waals surface area contributed by atoms with Crippen molar-refractivity contribution in [2.45, 2.75) is 25.0 Å². The molecule has 3 rings (SSSR count). The lowest BCUT2D eigenvalue weighted by Gasteiger charge is -2.12. The number of nitro benzene ring substituents is 1. The molecule has 0 aliphatic rings. The summed E-state index contributed by atoms with van der Waals surface area (Å²) in [6.45, 7) is 2.40. The van der Waals surface area contributed by atoms with Crippen LogP contribution in [0, 0.1) is 15.9 Å². The van der Waals surface area contributed by atoms with Crippen molar-refractivity contribution in [2.75, 3.05) is 11.1 Å². The van der Waals surface area contributed by atoms with Crippen molar-refractivity contribution in [2.24, 2.45) is 0 Å². The van der Waals surface area contributed by atoms with E-state index >= 15 is 0 Å². The van der Waals surface area contributed by atoms with Crippen LogP contribution in [0.1, 0.15) is 13.3 Å². The maximum Gasteiger partial charge on any atom is 0.306 e. The maximum absolute atomic E-state index is 13.4. The molecule has 1 aromatic heterocycles. The first-order chi connectivity index (χ1) is 13.9. The number of halogens is 1. The lowest BCUT2D eigenvalue weighted by molar-refractivity contribution is -0.387. The van der Waals surface area contributed by atoms with Crippen molar-refractivity contribution in [1.82, 2.24) is 9.55 Å². The summed E-state index contributed by atoms with van der Waals surface area (Å²) in [6.07, 6.45) is 0.721. The van der Waals surface area contributed by atoms with Crippen molar-refractivity contribution < 1.29 is 14.1 Å². The number of aromatic nitrogens is 2. The molecule has 150 valence electrons. The normalized spacial score (nSPS) is 10.8. The number of nitro groups is 1. The van der Waals surface area contributed by atoms with Crippen LogP contribution in [-0.4, -0.2) is 26.1 Å². The van der Waals surface area contributed by atoms with Gasteiger partial charge in [0.2, 0.25) is 11.7 Å². The van der Waals surface area contributed by atoms with Gasteiger partial charge in [-0.3, -0.25) is 24.3 Å². The second-order valence-corrected chi connectivity index (χ2v) is 7.07. The molecule has 0 saturated heterocycles. The fraction of sp³-hybridized carbons (Fsp3) is 0.211. The Morgan fingerprint density at radius 3 is 2.79 bits per heavy atom. The third kappa shape index (κ3) is 4.60. The molecule has 1 heterocycles. The van der Waals surface area contributed by atoms with Crippen molar-refractivity contribution in [3.63, 3.8) is 0 Å². The van der Waals surface area contributed by atoms with Gasteiger partial charge in [0.1, 0.15) is 0 Å². The molecule has 0 fully saturated rings. The molecule has 3 aromatic rings. The quantitative estimate of drug-likeness (QED) is 0.273. The van der Waals surface area contributed by atoms with Crippen LogP contribution in [0.25, 0.3) is 10.9 Å². The summed E-state index contributed by atoms with van der Waals surface area (Å²) in [5.74, 6) is -1.51. The van der Waals surface area contributed by atoms with Gasteiger partial charge < -0.3 is 5.32 Å². The van der Waals surface area contributed by atoms with Gasteiger partial charge in [0.05, 0.1) is 21.6 Å². The van der Waals surface area contributed by atoms with E-state index in [1.54, 1.807) is 24.3 Å². The highest BCUT2D eigenvalue weighted by Crippen LogP contribution is 2.23. The summed E-state index contributed by atoms with van der Waals surface area (Å²) >= 11 is 1.09. The predicted molar refractivity (Wildman–Crippen MR) is 109 cm³/mol. The molecule has 8 nitrogen and oxygen atoms in total. The number of amides is 1. The van der Waals surface area contributed by atoms with Gasteiger partial charge in [-0.05, 0) is 30.7 Å². The van der Waals surface area contributed by atoms with Crippen LogP contribution < -0.4 is 10.9 Å². The number of benzene rings is 2. The molecule has 0 saturated carbocycles. The number of hydrogen-bond acceptors (Lipinski definition) is 6. The summed E-state index contributed by atoms with van der Waals surface area (Å²) in [6, 6.07) is 10.1. The average Bonchev–Trinajstić information content (AvgIpc) is 2.70. The number of anilines is 1. The molecule has 0 atom stereocenters. The lowest BCUT2D eigenvalue weighted by atomic mass is 10.2. The van der Waals surface area contributed by atoms with Crippen LogP contribution in [0.2, 0.25) is 0 Å². The second-order valence-electron chi connectivity index (χ2n) is 6.13. The zero-order valence-corrected chi connectivity index (χ0v) is 16.2. The van der Waals surface area contributed by atoms with Crippen LogP contribution in [0.3, 0.4) is 0 Å². The minimum atomic E-state index is -0.980. The Hall–Kier alpha value is -3.27.